The average molecular weight is 639 g/mol. The van der Waals surface area contributed by atoms with E-state index in [-0.39, 0.29) is 18.5 Å². The van der Waals surface area contributed by atoms with Gasteiger partial charge in [-0.2, -0.15) is 47.0 Å². The maximum Gasteiger partial charge on any atom is 0.168 e. The first-order valence-corrected chi connectivity index (χ1v) is 21.6. The summed E-state index contributed by atoms with van der Waals surface area (Å²) in [6.45, 7) is 5.39. The summed E-state index contributed by atoms with van der Waals surface area (Å²) in [5.74, 6) is 10.3. The molecule has 1 rings (SSSR count). The number of aliphatic hydroxyl groups excluding tert-OH is 1. The summed E-state index contributed by atoms with van der Waals surface area (Å²) in [6.07, 6.45) is 24.1. The lowest BCUT2D eigenvalue weighted by Gasteiger charge is -2.28. The van der Waals surface area contributed by atoms with Crippen LogP contribution in [-0.4, -0.2) is 76.2 Å². The lowest BCUT2D eigenvalue weighted by Crippen LogP contribution is -2.31. The van der Waals surface area contributed by atoms with Crippen LogP contribution in [0.2, 0.25) is 0 Å². The predicted molar refractivity (Wildman–Crippen MR) is 189 cm³/mol. The summed E-state index contributed by atoms with van der Waals surface area (Å²) in [7, 11) is 0. The summed E-state index contributed by atoms with van der Waals surface area (Å²) in [6, 6.07) is 0. The highest BCUT2D eigenvalue weighted by molar-refractivity contribution is 8.00. The molecule has 0 amide bonds. The van der Waals surface area contributed by atoms with E-state index in [1.54, 1.807) is 0 Å². The Balaban J connectivity index is 2.03. The van der Waals surface area contributed by atoms with Gasteiger partial charge in [-0.15, -0.1) is 0 Å². The first-order chi connectivity index (χ1) is 19.8. The Kier molecular flexibility index (Phi) is 29.8. The molecule has 1 fully saturated rings. The molecule has 0 aliphatic carbocycles. The Morgan fingerprint density at radius 3 is 1.40 bits per heavy atom. The Morgan fingerprint density at radius 1 is 0.550 bits per heavy atom. The minimum Gasteiger partial charge on any atom is -0.396 e. The smallest absolute Gasteiger partial charge is 0.168 e. The topological polar surface area (TPSA) is 38.7 Å². The molecular formula is C33H66O3S4. The van der Waals surface area contributed by atoms with Gasteiger partial charge in [-0.1, -0.05) is 65.2 Å². The van der Waals surface area contributed by atoms with Crippen molar-refractivity contribution in [1.29, 1.82) is 0 Å². The van der Waals surface area contributed by atoms with Gasteiger partial charge in [0, 0.05) is 19.4 Å². The molecule has 1 atom stereocenters. The molecule has 1 saturated heterocycles. The van der Waals surface area contributed by atoms with Crippen molar-refractivity contribution in [3.8, 4) is 0 Å². The maximum absolute atomic E-state index is 9.37. The molecule has 1 aliphatic rings. The van der Waals surface area contributed by atoms with E-state index in [0.717, 1.165) is 12.8 Å². The van der Waals surface area contributed by atoms with Crippen LogP contribution in [0.5, 0.6) is 0 Å². The highest BCUT2D eigenvalue weighted by Crippen LogP contribution is 2.35. The molecule has 0 radical (unpaired) electrons. The van der Waals surface area contributed by atoms with Crippen molar-refractivity contribution in [2.45, 2.75) is 148 Å². The predicted octanol–water partition coefficient (Wildman–Crippen LogP) is 10.5. The quantitative estimate of drug-likeness (QED) is 0.0735. The van der Waals surface area contributed by atoms with Crippen LogP contribution in [0.1, 0.15) is 136 Å². The van der Waals surface area contributed by atoms with Crippen molar-refractivity contribution in [1.82, 2.24) is 0 Å². The van der Waals surface area contributed by atoms with Crippen molar-refractivity contribution < 1.29 is 14.6 Å². The fraction of sp³-hybridized carbons (Fsp3) is 1.00. The lowest BCUT2D eigenvalue weighted by molar-refractivity contribution is -0.180. The highest BCUT2D eigenvalue weighted by Gasteiger charge is 2.40. The third-order valence-corrected chi connectivity index (χ3v) is 12.3. The van der Waals surface area contributed by atoms with Gasteiger partial charge in [0.05, 0.1) is 12.7 Å². The monoisotopic (exact) mass is 638 g/mol. The number of ether oxygens (including phenoxy) is 2. The summed E-state index contributed by atoms with van der Waals surface area (Å²) in [4.78, 5) is 0. The zero-order chi connectivity index (χ0) is 28.8. The molecular weight excluding hydrogens is 573 g/mol. The van der Waals surface area contributed by atoms with Crippen molar-refractivity contribution in [2.24, 2.45) is 0 Å². The Bertz CT molecular complexity index is 480. The third kappa shape index (κ3) is 23.7. The molecule has 0 aromatic rings. The van der Waals surface area contributed by atoms with E-state index in [4.69, 9.17) is 9.47 Å². The molecule has 3 nitrogen and oxygen atoms in total. The SMILES string of the molecule is CCCSCCCSCCCCCCCCC1(CCCCCCCCSCCCSCCC)OCC(CCO)O1. The van der Waals surface area contributed by atoms with Crippen LogP contribution in [0.4, 0.5) is 0 Å². The molecule has 0 bridgehead atoms. The van der Waals surface area contributed by atoms with E-state index in [1.807, 2.05) is 0 Å². The van der Waals surface area contributed by atoms with Crippen LogP contribution >= 0.6 is 47.0 Å². The molecule has 40 heavy (non-hydrogen) atoms. The number of rotatable bonds is 32. The number of aliphatic hydroxyl groups is 1. The van der Waals surface area contributed by atoms with E-state index in [0.29, 0.717) is 13.0 Å². The number of hydrogen-bond donors (Lipinski definition) is 1. The zero-order valence-electron chi connectivity index (χ0n) is 26.5. The van der Waals surface area contributed by atoms with E-state index in [2.05, 4.69) is 60.9 Å². The molecule has 0 spiro atoms. The van der Waals surface area contributed by atoms with Gasteiger partial charge < -0.3 is 14.6 Å². The fourth-order valence-corrected chi connectivity index (χ4v) is 9.09. The van der Waals surface area contributed by atoms with Gasteiger partial charge in [0.1, 0.15) is 0 Å². The summed E-state index contributed by atoms with van der Waals surface area (Å²) in [5, 5.41) is 9.37. The second-order valence-corrected chi connectivity index (χ2v) is 16.3. The summed E-state index contributed by atoms with van der Waals surface area (Å²) in [5.41, 5.74) is 0. The van der Waals surface area contributed by atoms with Gasteiger partial charge in [-0.3, -0.25) is 0 Å². The molecule has 1 unspecified atom stereocenters. The molecule has 7 heteroatoms. The third-order valence-electron chi connectivity index (χ3n) is 7.41. The number of hydrogen-bond acceptors (Lipinski definition) is 7. The van der Waals surface area contributed by atoms with Crippen LogP contribution in [0.15, 0.2) is 0 Å². The summed E-state index contributed by atoms with van der Waals surface area (Å²) >= 11 is 8.53. The van der Waals surface area contributed by atoms with E-state index < -0.39 is 0 Å². The van der Waals surface area contributed by atoms with Gasteiger partial charge >= 0.3 is 0 Å². The largest absolute Gasteiger partial charge is 0.396 e. The average Bonchev–Trinajstić information content (AvgIpc) is 3.36. The fourth-order valence-electron chi connectivity index (χ4n) is 5.12. The molecule has 1 heterocycles. The van der Waals surface area contributed by atoms with Crippen molar-refractivity contribution in [3.63, 3.8) is 0 Å². The molecule has 1 N–H and O–H groups in total. The summed E-state index contributed by atoms with van der Waals surface area (Å²) < 4.78 is 12.7. The van der Waals surface area contributed by atoms with Crippen molar-refractivity contribution >= 4 is 47.0 Å². The van der Waals surface area contributed by atoms with Crippen LogP contribution in [0.3, 0.4) is 0 Å². The van der Waals surface area contributed by atoms with E-state index >= 15 is 0 Å². The molecule has 0 saturated carbocycles. The second-order valence-electron chi connectivity index (χ2n) is 11.4. The zero-order valence-corrected chi connectivity index (χ0v) is 29.7. The first-order valence-electron chi connectivity index (χ1n) is 17.0. The van der Waals surface area contributed by atoms with Gasteiger partial charge in [-0.25, -0.2) is 0 Å². The molecule has 1 aliphatic heterocycles. The van der Waals surface area contributed by atoms with Gasteiger partial charge in [-0.05, 0) is 104 Å². The maximum atomic E-state index is 9.37. The van der Waals surface area contributed by atoms with E-state index in [1.165, 1.54) is 149 Å². The van der Waals surface area contributed by atoms with Crippen LogP contribution in [0.25, 0.3) is 0 Å². The van der Waals surface area contributed by atoms with E-state index in [9.17, 15) is 5.11 Å². The van der Waals surface area contributed by atoms with Gasteiger partial charge in [0.25, 0.3) is 0 Å². The Labute approximate surface area is 267 Å². The number of thioether (sulfide) groups is 4. The van der Waals surface area contributed by atoms with Crippen LogP contribution < -0.4 is 0 Å². The molecule has 240 valence electrons. The standard InChI is InChI=1S/C33H66O3S4/c1-3-23-37-27-17-29-39-25-15-11-7-5-9-13-20-33(35-31-32(36-33)19-22-34)21-14-10-6-8-12-16-26-40-30-18-28-38-24-4-2/h32,34H,3-31H2,1-2H3. The Hall–Kier alpha value is 1.28. The molecule has 0 aromatic carbocycles. The Morgan fingerprint density at radius 2 is 0.950 bits per heavy atom. The van der Waals surface area contributed by atoms with Crippen LogP contribution in [-0.2, 0) is 9.47 Å². The lowest BCUT2D eigenvalue weighted by atomic mass is 9.99. The van der Waals surface area contributed by atoms with Gasteiger partial charge in [0.15, 0.2) is 5.79 Å². The number of unbranched alkanes of at least 4 members (excludes halogenated alkanes) is 10. The minimum atomic E-state index is -0.377. The first kappa shape index (κ1) is 39.3. The van der Waals surface area contributed by atoms with Crippen molar-refractivity contribution in [2.75, 3.05) is 59.2 Å². The van der Waals surface area contributed by atoms with Crippen LogP contribution in [0, 0.1) is 0 Å². The second kappa shape index (κ2) is 30.3. The van der Waals surface area contributed by atoms with Crippen molar-refractivity contribution in [3.05, 3.63) is 0 Å². The molecule has 0 aromatic heterocycles. The normalized spacial score (nSPS) is 16.7. The minimum absolute atomic E-state index is 0.0791. The van der Waals surface area contributed by atoms with Gasteiger partial charge in [0.2, 0.25) is 0 Å². The highest BCUT2D eigenvalue weighted by atomic mass is 32.2.